The van der Waals surface area contributed by atoms with Gasteiger partial charge in [-0.2, -0.15) is 0 Å². The summed E-state index contributed by atoms with van der Waals surface area (Å²) in [7, 11) is 0. The Morgan fingerprint density at radius 3 is 2.67 bits per heavy atom. The van der Waals surface area contributed by atoms with Gasteiger partial charge >= 0.3 is 0 Å². The first kappa shape index (κ1) is 13.0. The second-order valence-corrected chi connectivity index (χ2v) is 4.74. The van der Waals surface area contributed by atoms with Crippen molar-refractivity contribution in [3.05, 3.63) is 30.1 Å². The van der Waals surface area contributed by atoms with Crippen LogP contribution >= 0.6 is 0 Å². The SMILES string of the molecule is C[C@@H](NC(=O)C1(N)CCOCC1)c1ccncc1. The molecule has 0 aromatic carbocycles. The molecule has 0 unspecified atom stereocenters. The Morgan fingerprint density at radius 2 is 2.06 bits per heavy atom. The van der Waals surface area contributed by atoms with Crippen molar-refractivity contribution in [2.75, 3.05) is 13.2 Å². The first-order chi connectivity index (χ1) is 8.62. The smallest absolute Gasteiger partial charge is 0.240 e. The number of nitrogens with zero attached hydrogens (tertiary/aromatic N) is 1. The summed E-state index contributed by atoms with van der Waals surface area (Å²) in [6, 6.07) is 3.71. The van der Waals surface area contributed by atoms with Crippen molar-refractivity contribution in [2.45, 2.75) is 31.3 Å². The molecule has 0 aliphatic carbocycles. The van der Waals surface area contributed by atoms with Gasteiger partial charge in [-0.05, 0) is 37.5 Å². The van der Waals surface area contributed by atoms with Crippen molar-refractivity contribution in [2.24, 2.45) is 5.73 Å². The number of carbonyl (C=O) groups is 1. The molecule has 0 radical (unpaired) electrons. The normalized spacial score (nSPS) is 20.1. The largest absolute Gasteiger partial charge is 0.381 e. The molecule has 18 heavy (non-hydrogen) atoms. The van der Waals surface area contributed by atoms with Crippen molar-refractivity contribution >= 4 is 5.91 Å². The van der Waals surface area contributed by atoms with E-state index in [1.165, 1.54) is 0 Å². The van der Waals surface area contributed by atoms with Gasteiger partial charge in [0.05, 0.1) is 11.6 Å². The molecule has 0 bridgehead atoms. The molecule has 0 saturated carbocycles. The van der Waals surface area contributed by atoms with Crippen molar-refractivity contribution in [3.8, 4) is 0 Å². The summed E-state index contributed by atoms with van der Waals surface area (Å²) < 4.78 is 5.24. The second kappa shape index (κ2) is 5.46. The van der Waals surface area contributed by atoms with Crippen LogP contribution in [-0.4, -0.2) is 29.6 Å². The van der Waals surface area contributed by atoms with E-state index in [4.69, 9.17) is 10.5 Å². The van der Waals surface area contributed by atoms with Gasteiger partial charge in [0, 0.05) is 25.6 Å². The van der Waals surface area contributed by atoms with Crippen LogP contribution < -0.4 is 11.1 Å². The minimum atomic E-state index is -0.792. The molecule has 0 spiro atoms. The molecule has 98 valence electrons. The lowest BCUT2D eigenvalue weighted by Gasteiger charge is -2.33. The molecule has 1 aromatic rings. The lowest BCUT2D eigenvalue weighted by atomic mass is 9.90. The third-order valence-electron chi connectivity index (χ3n) is 3.39. The van der Waals surface area contributed by atoms with Crippen molar-refractivity contribution in [1.29, 1.82) is 0 Å². The van der Waals surface area contributed by atoms with Gasteiger partial charge in [-0.3, -0.25) is 9.78 Å². The van der Waals surface area contributed by atoms with Crippen LogP contribution in [0.2, 0.25) is 0 Å². The highest BCUT2D eigenvalue weighted by molar-refractivity contribution is 5.86. The van der Waals surface area contributed by atoms with Gasteiger partial charge in [0.15, 0.2) is 0 Å². The number of pyridine rings is 1. The fourth-order valence-electron chi connectivity index (χ4n) is 2.04. The molecule has 1 saturated heterocycles. The highest BCUT2D eigenvalue weighted by atomic mass is 16.5. The second-order valence-electron chi connectivity index (χ2n) is 4.74. The molecule has 3 N–H and O–H groups in total. The van der Waals surface area contributed by atoms with E-state index in [2.05, 4.69) is 10.3 Å². The van der Waals surface area contributed by atoms with Crippen LogP contribution in [0.5, 0.6) is 0 Å². The molecular weight excluding hydrogens is 230 g/mol. The molecule has 1 atom stereocenters. The van der Waals surface area contributed by atoms with Crippen molar-refractivity contribution in [1.82, 2.24) is 10.3 Å². The van der Waals surface area contributed by atoms with Crippen LogP contribution in [0.1, 0.15) is 31.4 Å². The number of hydrogen-bond acceptors (Lipinski definition) is 4. The molecule has 2 rings (SSSR count). The lowest BCUT2D eigenvalue weighted by Crippen LogP contribution is -2.57. The first-order valence-electron chi connectivity index (χ1n) is 6.19. The summed E-state index contributed by atoms with van der Waals surface area (Å²) in [5.74, 6) is -0.102. The first-order valence-corrected chi connectivity index (χ1v) is 6.19. The van der Waals surface area contributed by atoms with Gasteiger partial charge in [-0.25, -0.2) is 0 Å². The van der Waals surface area contributed by atoms with E-state index in [0.717, 1.165) is 5.56 Å². The average Bonchev–Trinajstić information content (AvgIpc) is 2.40. The van der Waals surface area contributed by atoms with Crippen molar-refractivity contribution in [3.63, 3.8) is 0 Å². The van der Waals surface area contributed by atoms with Gasteiger partial charge in [0.25, 0.3) is 0 Å². The molecule has 5 nitrogen and oxygen atoms in total. The average molecular weight is 249 g/mol. The Kier molecular flexibility index (Phi) is 3.93. The molecule has 1 amide bonds. The highest BCUT2D eigenvalue weighted by Crippen LogP contribution is 2.20. The standard InChI is InChI=1S/C13H19N3O2/c1-10(11-2-6-15-7-3-11)16-12(17)13(14)4-8-18-9-5-13/h2-3,6-7,10H,4-5,8-9,14H2,1H3,(H,16,17)/t10-/m1/s1. The zero-order chi connectivity index (χ0) is 13.0. The van der Waals surface area contributed by atoms with Crippen molar-refractivity contribution < 1.29 is 9.53 Å². The van der Waals surface area contributed by atoms with E-state index < -0.39 is 5.54 Å². The van der Waals surface area contributed by atoms with E-state index in [9.17, 15) is 4.79 Å². The van der Waals surface area contributed by atoms with Gasteiger partial charge in [-0.1, -0.05) is 0 Å². The Hall–Kier alpha value is -1.46. The predicted octanol–water partition coefficient (Wildman–Crippen LogP) is 0.767. The van der Waals surface area contributed by atoms with Crippen LogP contribution in [0.15, 0.2) is 24.5 Å². The topological polar surface area (TPSA) is 77.2 Å². The highest BCUT2D eigenvalue weighted by Gasteiger charge is 2.36. The summed E-state index contributed by atoms with van der Waals surface area (Å²) in [6.07, 6.45) is 4.57. The van der Waals surface area contributed by atoms with E-state index in [0.29, 0.717) is 26.1 Å². The number of nitrogens with two attached hydrogens (primary N) is 1. The zero-order valence-corrected chi connectivity index (χ0v) is 10.6. The van der Waals surface area contributed by atoms with Crippen LogP contribution in [0.25, 0.3) is 0 Å². The van der Waals surface area contributed by atoms with Gasteiger partial charge in [0.2, 0.25) is 5.91 Å². The maximum atomic E-state index is 12.2. The number of ether oxygens (including phenoxy) is 1. The lowest BCUT2D eigenvalue weighted by molar-refractivity contribution is -0.130. The monoisotopic (exact) mass is 249 g/mol. The third kappa shape index (κ3) is 2.86. The summed E-state index contributed by atoms with van der Waals surface area (Å²) in [5.41, 5.74) is 6.35. The summed E-state index contributed by atoms with van der Waals surface area (Å²) in [4.78, 5) is 16.2. The minimum absolute atomic E-state index is 0.0660. The minimum Gasteiger partial charge on any atom is -0.381 e. The van der Waals surface area contributed by atoms with E-state index in [-0.39, 0.29) is 11.9 Å². The van der Waals surface area contributed by atoms with Gasteiger partial charge < -0.3 is 15.8 Å². The predicted molar refractivity (Wildman–Crippen MR) is 67.8 cm³/mol. The fourth-order valence-corrected chi connectivity index (χ4v) is 2.04. The summed E-state index contributed by atoms with van der Waals surface area (Å²) in [6.45, 7) is 3.04. The number of hydrogen-bond donors (Lipinski definition) is 2. The third-order valence-corrected chi connectivity index (χ3v) is 3.39. The van der Waals surface area contributed by atoms with Crippen LogP contribution in [0, 0.1) is 0 Å². The number of rotatable bonds is 3. The molecule has 1 aliphatic rings. The molecule has 5 heteroatoms. The molecule has 1 aromatic heterocycles. The molecular formula is C13H19N3O2. The summed E-state index contributed by atoms with van der Waals surface area (Å²) in [5, 5.41) is 2.96. The van der Waals surface area contributed by atoms with E-state index in [1.54, 1.807) is 12.4 Å². The Bertz CT molecular complexity index is 402. The number of nitrogens with one attached hydrogen (secondary N) is 1. The molecule has 1 aliphatic heterocycles. The maximum absolute atomic E-state index is 12.2. The van der Waals surface area contributed by atoms with Gasteiger partial charge in [0.1, 0.15) is 0 Å². The van der Waals surface area contributed by atoms with Crippen LogP contribution in [0.4, 0.5) is 0 Å². The fraction of sp³-hybridized carbons (Fsp3) is 0.538. The zero-order valence-electron chi connectivity index (χ0n) is 10.6. The Labute approximate surface area is 107 Å². The number of amides is 1. The van der Waals surface area contributed by atoms with Crippen LogP contribution in [0.3, 0.4) is 0 Å². The quantitative estimate of drug-likeness (QED) is 0.829. The number of carbonyl (C=O) groups excluding carboxylic acids is 1. The number of aromatic nitrogens is 1. The molecule has 2 heterocycles. The van der Waals surface area contributed by atoms with Gasteiger partial charge in [-0.15, -0.1) is 0 Å². The Balaban J connectivity index is 1.98. The maximum Gasteiger partial charge on any atom is 0.240 e. The molecule has 1 fully saturated rings. The van der Waals surface area contributed by atoms with Crippen LogP contribution in [-0.2, 0) is 9.53 Å². The summed E-state index contributed by atoms with van der Waals surface area (Å²) >= 11 is 0. The Morgan fingerprint density at radius 1 is 1.44 bits per heavy atom. The van der Waals surface area contributed by atoms with E-state index >= 15 is 0 Å². The van der Waals surface area contributed by atoms with E-state index in [1.807, 2.05) is 19.1 Å².